The van der Waals surface area contributed by atoms with Crippen LogP contribution < -0.4 is 14.4 Å². The molecular weight excluding hydrogens is 334 g/mol. The molecule has 2 aliphatic heterocycles. The largest absolute Gasteiger partial charge is 0.497 e. The Morgan fingerprint density at radius 2 is 1.96 bits per heavy atom. The molecule has 1 unspecified atom stereocenters. The molecular formula is C19H27N3O4. The third-order valence-electron chi connectivity index (χ3n) is 5.22. The van der Waals surface area contributed by atoms with E-state index in [1.807, 2.05) is 4.90 Å². The molecule has 142 valence electrons. The Morgan fingerprint density at radius 3 is 2.65 bits per heavy atom. The van der Waals surface area contributed by atoms with Crippen molar-refractivity contribution in [3.8, 4) is 11.5 Å². The average molecular weight is 361 g/mol. The van der Waals surface area contributed by atoms with Crippen molar-refractivity contribution in [2.45, 2.75) is 32.2 Å². The number of ether oxygens (including phenoxy) is 2. The molecule has 0 N–H and O–H groups in total. The molecule has 26 heavy (non-hydrogen) atoms. The van der Waals surface area contributed by atoms with Gasteiger partial charge < -0.3 is 19.3 Å². The van der Waals surface area contributed by atoms with Gasteiger partial charge in [-0.2, -0.15) is 0 Å². The summed E-state index contributed by atoms with van der Waals surface area (Å²) in [6.45, 7) is 4.04. The van der Waals surface area contributed by atoms with E-state index in [-0.39, 0.29) is 24.5 Å². The number of carbonyl (C=O) groups excluding carboxylic acids is 2. The smallest absolute Gasteiger partial charge is 0.325 e. The lowest BCUT2D eigenvalue weighted by Gasteiger charge is -2.34. The third kappa shape index (κ3) is 3.57. The molecule has 0 spiro atoms. The summed E-state index contributed by atoms with van der Waals surface area (Å²) in [6.07, 6.45) is 3.24. The van der Waals surface area contributed by atoms with Crippen molar-refractivity contribution in [3.63, 3.8) is 0 Å². The topological polar surface area (TPSA) is 62.3 Å². The van der Waals surface area contributed by atoms with Gasteiger partial charge in [-0.25, -0.2) is 4.79 Å². The molecule has 3 amide bonds. The standard InChI is InChI=1S/C19H27N3O4/c1-14-6-4-5-9-21(14)18(23)13-20-10-11-22(19(20)24)16-12-15(25-2)7-8-17(16)26-3/h7-8,12,14H,4-6,9-11,13H2,1-3H3. The van der Waals surface area contributed by atoms with Crippen LogP contribution in [0, 0.1) is 0 Å². The molecule has 2 aliphatic rings. The van der Waals surface area contributed by atoms with Gasteiger partial charge in [-0.15, -0.1) is 0 Å². The Labute approximate surface area is 154 Å². The van der Waals surface area contributed by atoms with Gasteiger partial charge in [0.2, 0.25) is 5.91 Å². The van der Waals surface area contributed by atoms with Gasteiger partial charge in [0.25, 0.3) is 0 Å². The number of urea groups is 1. The lowest BCUT2D eigenvalue weighted by molar-refractivity contribution is -0.134. The number of benzene rings is 1. The van der Waals surface area contributed by atoms with Crippen molar-refractivity contribution in [2.75, 3.05) is 45.3 Å². The Morgan fingerprint density at radius 1 is 1.15 bits per heavy atom. The van der Waals surface area contributed by atoms with Gasteiger partial charge in [0.05, 0.1) is 19.9 Å². The zero-order valence-corrected chi connectivity index (χ0v) is 15.7. The Bertz CT molecular complexity index is 679. The molecule has 1 atom stereocenters. The number of amides is 3. The van der Waals surface area contributed by atoms with E-state index in [0.29, 0.717) is 30.3 Å². The van der Waals surface area contributed by atoms with E-state index in [4.69, 9.17) is 9.47 Å². The molecule has 0 radical (unpaired) electrons. The van der Waals surface area contributed by atoms with Crippen molar-refractivity contribution >= 4 is 17.6 Å². The van der Waals surface area contributed by atoms with Gasteiger partial charge >= 0.3 is 6.03 Å². The summed E-state index contributed by atoms with van der Waals surface area (Å²) in [7, 11) is 3.16. The van der Waals surface area contributed by atoms with Gasteiger partial charge in [0.1, 0.15) is 18.0 Å². The summed E-state index contributed by atoms with van der Waals surface area (Å²) in [5.41, 5.74) is 0.665. The van der Waals surface area contributed by atoms with E-state index in [1.165, 1.54) is 0 Å². The van der Waals surface area contributed by atoms with Crippen molar-refractivity contribution in [3.05, 3.63) is 18.2 Å². The van der Waals surface area contributed by atoms with E-state index in [9.17, 15) is 9.59 Å². The van der Waals surface area contributed by atoms with Gasteiger partial charge in [0.15, 0.2) is 0 Å². The van der Waals surface area contributed by atoms with Crippen molar-refractivity contribution in [1.29, 1.82) is 0 Å². The van der Waals surface area contributed by atoms with Crippen LogP contribution in [0.25, 0.3) is 0 Å². The minimum Gasteiger partial charge on any atom is -0.497 e. The molecule has 1 aromatic carbocycles. The number of carbonyl (C=O) groups is 2. The first-order chi connectivity index (χ1) is 12.5. The molecule has 0 aliphatic carbocycles. The maximum atomic E-state index is 12.9. The van der Waals surface area contributed by atoms with E-state index in [0.717, 1.165) is 25.8 Å². The monoisotopic (exact) mass is 361 g/mol. The molecule has 7 nitrogen and oxygen atoms in total. The van der Waals surface area contributed by atoms with Crippen LogP contribution in [0.1, 0.15) is 26.2 Å². The molecule has 7 heteroatoms. The van der Waals surface area contributed by atoms with Crippen LogP contribution in [-0.4, -0.2) is 68.2 Å². The Hall–Kier alpha value is -2.44. The summed E-state index contributed by atoms with van der Waals surface area (Å²) < 4.78 is 10.7. The highest BCUT2D eigenvalue weighted by Gasteiger charge is 2.34. The minimum absolute atomic E-state index is 0.0324. The summed E-state index contributed by atoms with van der Waals surface area (Å²) in [5, 5.41) is 0. The maximum Gasteiger partial charge on any atom is 0.325 e. The number of hydrogen-bond donors (Lipinski definition) is 0. The van der Waals surface area contributed by atoms with Gasteiger partial charge in [-0.3, -0.25) is 9.69 Å². The second-order valence-electron chi connectivity index (χ2n) is 6.83. The summed E-state index contributed by atoms with van der Waals surface area (Å²) in [6, 6.07) is 5.44. The Kier molecular flexibility index (Phi) is 5.54. The first kappa shape index (κ1) is 18.4. The van der Waals surface area contributed by atoms with Crippen LogP contribution in [-0.2, 0) is 4.79 Å². The van der Waals surface area contributed by atoms with Crippen LogP contribution in [0.15, 0.2) is 18.2 Å². The van der Waals surface area contributed by atoms with Crippen LogP contribution in [0.5, 0.6) is 11.5 Å². The normalized spacial score (nSPS) is 20.5. The van der Waals surface area contributed by atoms with Crippen molar-refractivity contribution in [2.24, 2.45) is 0 Å². The average Bonchev–Trinajstić information content (AvgIpc) is 3.01. The number of likely N-dealkylation sites (tertiary alicyclic amines) is 1. The van der Waals surface area contributed by atoms with E-state index >= 15 is 0 Å². The van der Waals surface area contributed by atoms with Crippen molar-refractivity contribution in [1.82, 2.24) is 9.80 Å². The van der Waals surface area contributed by atoms with Crippen LogP contribution in [0.4, 0.5) is 10.5 Å². The SMILES string of the molecule is COc1ccc(OC)c(N2CCN(CC(=O)N3CCCCC3C)C2=O)c1. The number of hydrogen-bond acceptors (Lipinski definition) is 4. The Balaban J connectivity index is 1.71. The fraction of sp³-hybridized carbons (Fsp3) is 0.579. The number of anilines is 1. The van der Waals surface area contributed by atoms with Crippen LogP contribution in [0.3, 0.4) is 0 Å². The van der Waals surface area contributed by atoms with Crippen LogP contribution in [0.2, 0.25) is 0 Å². The highest BCUT2D eigenvalue weighted by Crippen LogP contribution is 2.34. The summed E-state index contributed by atoms with van der Waals surface area (Å²) in [5.74, 6) is 1.30. The number of nitrogens with zero attached hydrogens (tertiary/aromatic N) is 3. The lowest BCUT2D eigenvalue weighted by Crippen LogP contribution is -2.47. The first-order valence-corrected chi connectivity index (χ1v) is 9.13. The molecule has 0 saturated carbocycles. The fourth-order valence-electron chi connectivity index (χ4n) is 3.68. The van der Waals surface area contributed by atoms with Gasteiger partial charge in [-0.1, -0.05) is 0 Å². The molecule has 2 fully saturated rings. The van der Waals surface area contributed by atoms with Crippen LogP contribution >= 0.6 is 0 Å². The fourth-order valence-corrected chi connectivity index (χ4v) is 3.68. The first-order valence-electron chi connectivity index (χ1n) is 9.13. The molecule has 0 aromatic heterocycles. The summed E-state index contributed by atoms with van der Waals surface area (Å²) >= 11 is 0. The maximum absolute atomic E-state index is 12.9. The van der Waals surface area contributed by atoms with Gasteiger partial charge in [-0.05, 0) is 38.3 Å². The molecule has 2 saturated heterocycles. The molecule has 2 heterocycles. The number of rotatable bonds is 5. The van der Waals surface area contributed by atoms with Gasteiger partial charge in [0, 0.05) is 31.7 Å². The highest BCUT2D eigenvalue weighted by atomic mass is 16.5. The highest BCUT2D eigenvalue weighted by molar-refractivity contribution is 5.98. The summed E-state index contributed by atoms with van der Waals surface area (Å²) in [4.78, 5) is 30.7. The van der Waals surface area contributed by atoms with Crippen molar-refractivity contribution < 1.29 is 19.1 Å². The zero-order chi connectivity index (χ0) is 18.7. The second-order valence-corrected chi connectivity index (χ2v) is 6.83. The predicted octanol–water partition coefficient (Wildman–Crippen LogP) is 2.35. The molecule has 0 bridgehead atoms. The van der Waals surface area contributed by atoms with E-state index in [1.54, 1.807) is 42.2 Å². The number of piperidine rings is 1. The molecule has 3 rings (SSSR count). The minimum atomic E-state index is -0.172. The predicted molar refractivity (Wildman–Crippen MR) is 98.9 cm³/mol. The number of methoxy groups -OCH3 is 2. The molecule has 1 aromatic rings. The third-order valence-corrected chi connectivity index (χ3v) is 5.22. The van der Waals surface area contributed by atoms with E-state index in [2.05, 4.69) is 6.92 Å². The lowest BCUT2D eigenvalue weighted by atomic mass is 10.0. The van der Waals surface area contributed by atoms with E-state index < -0.39 is 0 Å². The zero-order valence-electron chi connectivity index (χ0n) is 15.7. The quantitative estimate of drug-likeness (QED) is 0.808. The second kappa shape index (κ2) is 7.85.